The molecule has 2 aliphatic rings. The zero-order valence-corrected chi connectivity index (χ0v) is 22.6. The fourth-order valence-electron chi connectivity index (χ4n) is 4.88. The number of fused-ring (bicyclic) bond motifs is 1. The largest absolute Gasteiger partial charge is 0.423 e. The first-order chi connectivity index (χ1) is 18.9. The summed E-state index contributed by atoms with van der Waals surface area (Å²) in [7, 11) is 0. The molecule has 0 N–H and O–H groups in total. The number of carbonyl (C=O) groups excluding carboxylic acids is 3. The van der Waals surface area contributed by atoms with Crippen LogP contribution in [0.15, 0.2) is 108 Å². The molecule has 0 spiro atoms. The number of ether oxygens (including phenoxy) is 1. The predicted octanol–water partition coefficient (Wildman–Crippen LogP) is 6.37. The zero-order valence-electron chi connectivity index (χ0n) is 20.2. The van der Waals surface area contributed by atoms with Crippen molar-refractivity contribution < 1.29 is 24.0 Å². The van der Waals surface area contributed by atoms with Crippen LogP contribution in [-0.2, 0) is 14.4 Å². The standard InChI is InChI=1S/C30H20BrClN2O5/c31-20-8-12-22(13-9-20)33-28(35)25-26(34(39-27(25)29(33)36)23-14-10-21(32)11-15-23)18-6-16-24(17-7-18)38-30(37)19-4-2-1-3-5-19/h1-17,25-27H. The summed E-state index contributed by atoms with van der Waals surface area (Å²) in [5.74, 6) is -1.70. The van der Waals surface area contributed by atoms with Gasteiger partial charge in [0.1, 0.15) is 11.7 Å². The first-order valence-corrected chi connectivity index (χ1v) is 13.3. The first kappa shape index (κ1) is 25.3. The maximum atomic E-state index is 13.8. The van der Waals surface area contributed by atoms with Gasteiger partial charge in [-0.3, -0.25) is 14.4 Å². The van der Waals surface area contributed by atoms with Crippen LogP contribution in [0.3, 0.4) is 0 Å². The van der Waals surface area contributed by atoms with Crippen molar-refractivity contribution in [3.05, 3.63) is 124 Å². The topological polar surface area (TPSA) is 76.2 Å². The Morgan fingerprint density at radius 1 is 0.795 bits per heavy atom. The van der Waals surface area contributed by atoms with E-state index in [2.05, 4.69) is 15.9 Å². The highest BCUT2D eigenvalue weighted by molar-refractivity contribution is 9.10. The maximum absolute atomic E-state index is 13.8. The molecular formula is C30H20BrClN2O5. The molecule has 2 aliphatic heterocycles. The van der Waals surface area contributed by atoms with Gasteiger partial charge in [-0.15, -0.1) is 0 Å². The van der Waals surface area contributed by atoms with Gasteiger partial charge in [-0.1, -0.05) is 57.9 Å². The van der Waals surface area contributed by atoms with Crippen molar-refractivity contribution in [2.45, 2.75) is 12.1 Å². The molecule has 3 atom stereocenters. The number of halogens is 2. The minimum atomic E-state index is -1.00. The average molecular weight is 604 g/mol. The molecule has 4 aromatic rings. The fraction of sp³-hybridized carbons (Fsp3) is 0.100. The van der Waals surface area contributed by atoms with E-state index in [0.29, 0.717) is 27.7 Å². The van der Waals surface area contributed by atoms with Crippen molar-refractivity contribution >= 4 is 56.7 Å². The second kappa shape index (κ2) is 10.3. The summed E-state index contributed by atoms with van der Waals surface area (Å²) in [6, 6.07) is 28.9. The van der Waals surface area contributed by atoms with Gasteiger partial charge in [0.2, 0.25) is 5.91 Å². The van der Waals surface area contributed by atoms with Crippen LogP contribution < -0.4 is 14.7 Å². The van der Waals surface area contributed by atoms with Gasteiger partial charge in [0, 0.05) is 9.50 Å². The summed E-state index contributed by atoms with van der Waals surface area (Å²) in [6.45, 7) is 0. The van der Waals surface area contributed by atoms with E-state index in [-0.39, 0.29) is 5.91 Å². The molecule has 2 fully saturated rings. The van der Waals surface area contributed by atoms with Gasteiger partial charge >= 0.3 is 5.97 Å². The van der Waals surface area contributed by atoms with Crippen LogP contribution in [0, 0.1) is 5.92 Å². The van der Waals surface area contributed by atoms with Crippen molar-refractivity contribution in [1.29, 1.82) is 0 Å². The Kier molecular flexibility index (Phi) is 6.68. The molecule has 3 unspecified atom stereocenters. The third kappa shape index (κ3) is 4.71. The summed E-state index contributed by atoms with van der Waals surface area (Å²) >= 11 is 9.48. The molecular weight excluding hydrogens is 584 g/mol. The summed E-state index contributed by atoms with van der Waals surface area (Å²) in [6.07, 6.45) is -1.00. The number of rotatable bonds is 5. The van der Waals surface area contributed by atoms with Crippen LogP contribution >= 0.6 is 27.5 Å². The van der Waals surface area contributed by atoms with Gasteiger partial charge in [0.25, 0.3) is 5.91 Å². The highest BCUT2D eigenvalue weighted by Crippen LogP contribution is 2.48. The molecule has 0 radical (unpaired) electrons. The minimum absolute atomic E-state index is 0.353. The van der Waals surface area contributed by atoms with E-state index in [0.717, 1.165) is 10.0 Å². The molecule has 39 heavy (non-hydrogen) atoms. The number of benzene rings is 4. The fourth-order valence-corrected chi connectivity index (χ4v) is 5.27. The number of hydrogen-bond acceptors (Lipinski definition) is 6. The molecule has 2 amide bonds. The van der Waals surface area contributed by atoms with E-state index in [1.54, 1.807) is 102 Å². The zero-order chi connectivity index (χ0) is 27.1. The van der Waals surface area contributed by atoms with Crippen LogP contribution in [0.2, 0.25) is 5.02 Å². The Morgan fingerprint density at radius 3 is 2.10 bits per heavy atom. The molecule has 0 saturated carbocycles. The van der Waals surface area contributed by atoms with Crippen molar-refractivity contribution in [2.24, 2.45) is 5.92 Å². The summed E-state index contributed by atoms with van der Waals surface area (Å²) in [5, 5.41) is 2.14. The molecule has 0 bridgehead atoms. The van der Waals surface area contributed by atoms with Crippen LogP contribution in [0.1, 0.15) is 22.0 Å². The lowest BCUT2D eigenvalue weighted by Crippen LogP contribution is -2.37. The number of amides is 2. The van der Waals surface area contributed by atoms with Gasteiger partial charge in [0.15, 0.2) is 6.10 Å². The summed E-state index contributed by atoms with van der Waals surface area (Å²) in [4.78, 5) is 47.1. The van der Waals surface area contributed by atoms with E-state index in [4.69, 9.17) is 21.2 Å². The minimum Gasteiger partial charge on any atom is -0.423 e. The van der Waals surface area contributed by atoms with E-state index in [1.165, 1.54) is 4.90 Å². The van der Waals surface area contributed by atoms with Gasteiger partial charge in [-0.25, -0.2) is 14.8 Å². The van der Waals surface area contributed by atoms with Crippen molar-refractivity contribution in [3.8, 4) is 5.75 Å². The molecule has 2 saturated heterocycles. The smallest absolute Gasteiger partial charge is 0.343 e. The number of nitrogens with zero attached hydrogens (tertiary/aromatic N) is 2. The molecule has 194 valence electrons. The van der Waals surface area contributed by atoms with Gasteiger partial charge in [-0.2, -0.15) is 0 Å². The molecule has 6 rings (SSSR count). The molecule has 0 aliphatic carbocycles. The van der Waals surface area contributed by atoms with Gasteiger partial charge in [0.05, 0.1) is 23.0 Å². The van der Waals surface area contributed by atoms with Crippen molar-refractivity contribution in [2.75, 3.05) is 9.96 Å². The number of anilines is 2. The van der Waals surface area contributed by atoms with Crippen molar-refractivity contribution in [1.82, 2.24) is 0 Å². The Labute approximate surface area is 237 Å². The Bertz CT molecular complexity index is 1550. The number of esters is 1. The first-order valence-electron chi connectivity index (χ1n) is 12.1. The Morgan fingerprint density at radius 2 is 1.44 bits per heavy atom. The van der Waals surface area contributed by atoms with Crippen molar-refractivity contribution in [3.63, 3.8) is 0 Å². The lowest BCUT2D eigenvalue weighted by Gasteiger charge is -2.29. The molecule has 4 aromatic carbocycles. The monoisotopic (exact) mass is 602 g/mol. The van der Waals surface area contributed by atoms with E-state index >= 15 is 0 Å². The maximum Gasteiger partial charge on any atom is 0.343 e. The molecule has 9 heteroatoms. The highest BCUT2D eigenvalue weighted by Gasteiger charge is 2.60. The van der Waals surface area contributed by atoms with E-state index in [1.807, 2.05) is 6.07 Å². The van der Waals surface area contributed by atoms with E-state index < -0.39 is 29.9 Å². The Balaban J connectivity index is 1.33. The average Bonchev–Trinajstić information content (AvgIpc) is 3.46. The lowest BCUT2D eigenvalue weighted by molar-refractivity contribution is -0.126. The van der Waals surface area contributed by atoms with Gasteiger partial charge < -0.3 is 4.74 Å². The normalized spacial score (nSPS) is 20.3. The SMILES string of the molecule is O=C(Oc1ccc(C2C3C(=O)N(c4ccc(Br)cc4)C(=O)C3ON2c2ccc(Cl)cc2)cc1)c1ccccc1. The van der Waals surface area contributed by atoms with Crippen LogP contribution in [0.25, 0.3) is 0 Å². The molecule has 7 nitrogen and oxygen atoms in total. The lowest BCUT2D eigenvalue weighted by atomic mass is 9.90. The molecule has 0 aromatic heterocycles. The number of hydroxylamine groups is 1. The van der Waals surface area contributed by atoms with Crippen LogP contribution in [-0.4, -0.2) is 23.9 Å². The van der Waals surface area contributed by atoms with Crippen LogP contribution in [0.5, 0.6) is 5.75 Å². The number of hydrogen-bond donors (Lipinski definition) is 0. The Hall–Kier alpha value is -3.98. The van der Waals surface area contributed by atoms with Crippen LogP contribution in [0.4, 0.5) is 11.4 Å². The number of carbonyl (C=O) groups is 3. The summed E-state index contributed by atoms with van der Waals surface area (Å²) in [5.41, 5.74) is 2.28. The third-order valence-corrected chi connectivity index (χ3v) is 7.50. The highest BCUT2D eigenvalue weighted by atomic mass is 79.9. The third-order valence-electron chi connectivity index (χ3n) is 6.72. The predicted molar refractivity (Wildman–Crippen MR) is 150 cm³/mol. The second-order valence-electron chi connectivity index (χ2n) is 9.11. The quantitative estimate of drug-likeness (QED) is 0.150. The summed E-state index contributed by atoms with van der Waals surface area (Å²) < 4.78 is 6.36. The van der Waals surface area contributed by atoms with Gasteiger partial charge in [-0.05, 0) is 78.4 Å². The second-order valence-corrected chi connectivity index (χ2v) is 10.5. The van der Waals surface area contributed by atoms with E-state index in [9.17, 15) is 14.4 Å². The molecule has 2 heterocycles. The number of imide groups is 1.